The first-order valence-corrected chi connectivity index (χ1v) is 7.68. The van der Waals surface area contributed by atoms with E-state index in [1.807, 2.05) is 0 Å². The van der Waals surface area contributed by atoms with E-state index < -0.39 is 28.0 Å². The molecule has 1 saturated heterocycles. The van der Waals surface area contributed by atoms with E-state index in [1.54, 1.807) is 13.0 Å². The molecule has 1 aliphatic heterocycles. The van der Waals surface area contributed by atoms with Crippen molar-refractivity contribution in [3.05, 3.63) is 29.6 Å². The summed E-state index contributed by atoms with van der Waals surface area (Å²) >= 11 is 0. The highest BCUT2D eigenvalue weighted by Crippen LogP contribution is 2.24. The molecule has 1 aromatic rings. The molecular weight excluding hydrogens is 273 g/mol. The fourth-order valence-electron chi connectivity index (χ4n) is 1.97. The van der Waals surface area contributed by atoms with Gasteiger partial charge in [0.2, 0.25) is 10.0 Å². The first-order valence-electron chi connectivity index (χ1n) is 5.83. The second-order valence-corrected chi connectivity index (χ2v) is 6.70. The van der Waals surface area contributed by atoms with Crippen molar-refractivity contribution in [2.24, 2.45) is 0 Å². The van der Waals surface area contributed by atoms with Crippen LogP contribution in [0.2, 0.25) is 0 Å². The maximum Gasteiger partial charge on any atom is 0.211 e. The number of sulfonamides is 1. The van der Waals surface area contributed by atoms with Crippen LogP contribution >= 0.6 is 0 Å². The Morgan fingerprint density at radius 1 is 1.42 bits per heavy atom. The van der Waals surface area contributed by atoms with Crippen LogP contribution < -0.4 is 4.74 Å². The largest absolute Gasteiger partial charge is 0.486 e. The molecule has 1 aliphatic rings. The molecule has 19 heavy (non-hydrogen) atoms. The molecule has 1 aromatic carbocycles. The van der Waals surface area contributed by atoms with Gasteiger partial charge in [-0.3, -0.25) is 0 Å². The van der Waals surface area contributed by atoms with E-state index in [9.17, 15) is 17.9 Å². The number of hydrogen-bond acceptors (Lipinski definition) is 4. The van der Waals surface area contributed by atoms with Gasteiger partial charge in [-0.25, -0.2) is 12.8 Å². The number of aliphatic hydroxyl groups excluding tert-OH is 1. The van der Waals surface area contributed by atoms with E-state index in [0.29, 0.717) is 5.75 Å². The summed E-state index contributed by atoms with van der Waals surface area (Å²) in [5, 5.41) is 9.82. The normalized spacial score (nSPS) is 24.6. The van der Waals surface area contributed by atoms with Gasteiger partial charge in [0.1, 0.15) is 23.8 Å². The fraction of sp³-hybridized carbons (Fsp3) is 0.500. The molecule has 1 fully saturated rings. The number of halogens is 1. The Morgan fingerprint density at radius 2 is 2.11 bits per heavy atom. The molecule has 0 aromatic heterocycles. The predicted octanol–water partition coefficient (Wildman–Crippen LogP) is 0.518. The molecule has 0 bridgehead atoms. The molecule has 0 saturated carbocycles. The van der Waals surface area contributed by atoms with Gasteiger partial charge in [0, 0.05) is 12.6 Å². The van der Waals surface area contributed by atoms with Crippen LogP contribution in [0.1, 0.15) is 5.56 Å². The number of β-amino-alcohol motifs (C(OH)–C–C–N with tert-alkyl or cyclic N) is 1. The minimum Gasteiger partial charge on any atom is -0.486 e. The molecule has 106 valence electrons. The summed E-state index contributed by atoms with van der Waals surface area (Å²) in [6.07, 6.45) is -0.525. The minimum absolute atomic E-state index is 0.00212. The quantitative estimate of drug-likeness (QED) is 0.881. The molecule has 0 aliphatic carbocycles. The van der Waals surface area contributed by atoms with Gasteiger partial charge in [-0.05, 0) is 18.6 Å². The molecular formula is C12H16FNO4S. The monoisotopic (exact) mass is 289 g/mol. The lowest BCUT2D eigenvalue weighted by Gasteiger charge is -2.18. The topological polar surface area (TPSA) is 66.8 Å². The van der Waals surface area contributed by atoms with Crippen molar-refractivity contribution < 1.29 is 22.7 Å². The summed E-state index contributed by atoms with van der Waals surface area (Å²) in [6, 6.07) is 4.11. The Kier molecular flexibility index (Phi) is 3.80. The lowest BCUT2D eigenvalue weighted by Crippen LogP contribution is -2.31. The fourth-order valence-corrected chi connectivity index (χ4v) is 2.81. The maximum atomic E-state index is 13.1. The van der Waals surface area contributed by atoms with E-state index in [1.165, 1.54) is 12.1 Å². The van der Waals surface area contributed by atoms with Crippen molar-refractivity contribution in [1.82, 2.24) is 4.31 Å². The predicted molar refractivity (Wildman–Crippen MR) is 68.0 cm³/mol. The molecule has 1 N–H and O–H groups in total. The SMILES string of the molecule is Cc1ccc(F)cc1O[C@@H]1CN(S(C)(=O)=O)C[C@H]1O. The Balaban J connectivity index is 2.14. The van der Waals surface area contributed by atoms with Gasteiger partial charge in [0.15, 0.2) is 0 Å². The van der Waals surface area contributed by atoms with Gasteiger partial charge < -0.3 is 9.84 Å². The molecule has 7 heteroatoms. The van der Waals surface area contributed by atoms with Crippen LogP contribution in [0.3, 0.4) is 0 Å². The highest BCUT2D eigenvalue weighted by atomic mass is 32.2. The van der Waals surface area contributed by atoms with E-state index in [0.717, 1.165) is 16.1 Å². The van der Waals surface area contributed by atoms with E-state index in [2.05, 4.69) is 0 Å². The van der Waals surface area contributed by atoms with Crippen LogP contribution in [0.4, 0.5) is 4.39 Å². The lowest BCUT2D eigenvalue weighted by molar-refractivity contribution is 0.0730. The summed E-state index contributed by atoms with van der Waals surface area (Å²) in [6.45, 7) is 1.82. The lowest BCUT2D eigenvalue weighted by atomic mass is 10.2. The minimum atomic E-state index is -3.36. The van der Waals surface area contributed by atoms with Crippen LogP contribution in [0.5, 0.6) is 5.75 Å². The number of benzene rings is 1. The van der Waals surface area contributed by atoms with E-state index in [4.69, 9.17) is 4.74 Å². The summed E-state index contributed by atoms with van der Waals surface area (Å²) in [7, 11) is -3.36. The van der Waals surface area contributed by atoms with Crippen LogP contribution in [0, 0.1) is 12.7 Å². The standard InChI is InChI=1S/C12H16FNO4S/c1-8-3-4-9(13)5-11(8)18-12-7-14(6-10(12)15)19(2,16)17/h3-5,10,12,15H,6-7H2,1-2H3/t10-,12-/m1/s1. The van der Waals surface area contributed by atoms with Gasteiger partial charge in [-0.15, -0.1) is 0 Å². The summed E-state index contributed by atoms with van der Waals surface area (Å²) in [5.74, 6) is -0.118. The van der Waals surface area contributed by atoms with Crippen molar-refractivity contribution in [2.75, 3.05) is 19.3 Å². The summed E-state index contributed by atoms with van der Waals surface area (Å²) < 4.78 is 42.6. The van der Waals surface area contributed by atoms with E-state index >= 15 is 0 Å². The highest BCUT2D eigenvalue weighted by Gasteiger charge is 2.37. The zero-order valence-corrected chi connectivity index (χ0v) is 11.5. The van der Waals surface area contributed by atoms with Crippen LogP contribution in [-0.4, -0.2) is 49.4 Å². The second kappa shape index (κ2) is 5.07. The smallest absolute Gasteiger partial charge is 0.211 e. The van der Waals surface area contributed by atoms with Gasteiger partial charge >= 0.3 is 0 Å². The maximum absolute atomic E-state index is 13.1. The van der Waals surface area contributed by atoms with Gasteiger partial charge in [-0.2, -0.15) is 4.31 Å². The average molecular weight is 289 g/mol. The van der Waals surface area contributed by atoms with Gasteiger partial charge in [0.25, 0.3) is 0 Å². The Morgan fingerprint density at radius 3 is 2.68 bits per heavy atom. The first-order chi connectivity index (χ1) is 8.77. The third-order valence-corrected chi connectivity index (χ3v) is 4.34. The second-order valence-electron chi connectivity index (χ2n) is 4.71. The Labute approximate surface area is 111 Å². The Bertz CT molecular complexity index is 575. The number of aliphatic hydroxyl groups is 1. The first kappa shape index (κ1) is 14.2. The van der Waals surface area contributed by atoms with Crippen molar-refractivity contribution >= 4 is 10.0 Å². The van der Waals surface area contributed by atoms with Gasteiger partial charge in [0.05, 0.1) is 12.8 Å². The highest BCUT2D eigenvalue weighted by molar-refractivity contribution is 7.88. The van der Waals surface area contributed by atoms with E-state index in [-0.39, 0.29) is 13.1 Å². The number of ether oxygens (including phenoxy) is 1. The third kappa shape index (κ3) is 3.23. The number of nitrogens with zero attached hydrogens (tertiary/aromatic N) is 1. The zero-order chi connectivity index (χ0) is 14.2. The zero-order valence-electron chi connectivity index (χ0n) is 10.7. The summed E-state index contributed by atoms with van der Waals surface area (Å²) in [4.78, 5) is 0. The van der Waals surface area contributed by atoms with Gasteiger partial charge in [-0.1, -0.05) is 6.07 Å². The van der Waals surface area contributed by atoms with Crippen molar-refractivity contribution in [3.63, 3.8) is 0 Å². The van der Waals surface area contributed by atoms with Crippen molar-refractivity contribution in [2.45, 2.75) is 19.1 Å². The average Bonchev–Trinajstić information content (AvgIpc) is 2.65. The molecule has 0 spiro atoms. The molecule has 1 heterocycles. The Hall–Kier alpha value is -1.18. The molecule has 5 nitrogen and oxygen atoms in total. The molecule has 2 rings (SSSR count). The number of hydrogen-bond donors (Lipinski definition) is 1. The number of aryl methyl sites for hydroxylation is 1. The summed E-state index contributed by atoms with van der Waals surface area (Å²) in [5.41, 5.74) is 0.728. The van der Waals surface area contributed by atoms with Crippen LogP contribution in [0.15, 0.2) is 18.2 Å². The molecule has 0 amide bonds. The van der Waals surface area contributed by atoms with Crippen molar-refractivity contribution in [1.29, 1.82) is 0 Å². The van der Waals surface area contributed by atoms with Crippen molar-refractivity contribution in [3.8, 4) is 5.75 Å². The molecule has 0 radical (unpaired) electrons. The number of rotatable bonds is 3. The molecule has 2 atom stereocenters. The van der Waals surface area contributed by atoms with Crippen LogP contribution in [-0.2, 0) is 10.0 Å². The molecule has 0 unspecified atom stereocenters. The third-order valence-electron chi connectivity index (χ3n) is 3.10. The van der Waals surface area contributed by atoms with Crippen LogP contribution in [0.25, 0.3) is 0 Å².